The van der Waals surface area contributed by atoms with Crippen LogP contribution in [0.1, 0.15) is 23.6 Å². The maximum absolute atomic E-state index is 13.6. The summed E-state index contributed by atoms with van der Waals surface area (Å²) in [6, 6.07) is 20.0. The topological polar surface area (TPSA) is 58.6 Å². The average molecular weight is 447 g/mol. The molecular weight excluding hydrogens is 424 g/mol. The number of methoxy groups -OCH3 is 1. The van der Waals surface area contributed by atoms with E-state index in [2.05, 4.69) is 12.2 Å². The highest BCUT2D eigenvalue weighted by Crippen LogP contribution is 2.38. The smallest absolute Gasteiger partial charge is 0.282 e. The van der Waals surface area contributed by atoms with Crippen molar-refractivity contribution < 1.29 is 14.3 Å². The van der Waals surface area contributed by atoms with Crippen molar-refractivity contribution in [3.05, 3.63) is 94.1 Å². The van der Waals surface area contributed by atoms with Gasteiger partial charge in [-0.2, -0.15) is 0 Å². The number of rotatable bonds is 6. The number of hydrogen-bond acceptors (Lipinski definition) is 4. The Bertz CT molecular complexity index is 1230. The zero-order valence-corrected chi connectivity index (χ0v) is 18.9. The minimum atomic E-state index is -0.431. The van der Waals surface area contributed by atoms with Gasteiger partial charge in [0.05, 0.1) is 18.4 Å². The lowest BCUT2D eigenvalue weighted by molar-refractivity contribution is -0.120. The van der Waals surface area contributed by atoms with Crippen molar-refractivity contribution >= 4 is 40.4 Å². The Hall–Kier alpha value is -3.57. The van der Waals surface area contributed by atoms with E-state index in [9.17, 15) is 9.59 Å². The van der Waals surface area contributed by atoms with Crippen molar-refractivity contribution in [2.75, 3.05) is 17.3 Å². The molecule has 0 aliphatic carbocycles. The van der Waals surface area contributed by atoms with Crippen LogP contribution in [0, 0.1) is 6.92 Å². The van der Waals surface area contributed by atoms with E-state index in [1.165, 1.54) is 12.0 Å². The quantitative estimate of drug-likeness (QED) is 0.499. The summed E-state index contributed by atoms with van der Waals surface area (Å²) in [5.41, 5.74) is 4.18. The highest BCUT2D eigenvalue weighted by Gasteiger charge is 2.41. The van der Waals surface area contributed by atoms with Crippen molar-refractivity contribution in [3.8, 4) is 5.75 Å². The van der Waals surface area contributed by atoms with Gasteiger partial charge in [-0.1, -0.05) is 54.9 Å². The summed E-state index contributed by atoms with van der Waals surface area (Å²) in [6.07, 6.45) is 0.869. The Morgan fingerprint density at radius 2 is 1.69 bits per heavy atom. The first kappa shape index (κ1) is 21.7. The molecule has 0 unspecified atom stereocenters. The van der Waals surface area contributed by atoms with E-state index < -0.39 is 11.8 Å². The molecule has 4 rings (SSSR count). The number of nitrogens with one attached hydrogen (secondary N) is 1. The second kappa shape index (κ2) is 8.89. The molecule has 2 amide bonds. The molecule has 3 aromatic rings. The highest BCUT2D eigenvalue weighted by atomic mass is 35.5. The second-order valence-corrected chi connectivity index (χ2v) is 7.94. The van der Waals surface area contributed by atoms with Crippen molar-refractivity contribution in [1.29, 1.82) is 0 Å². The summed E-state index contributed by atoms with van der Waals surface area (Å²) < 4.78 is 5.49. The van der Waals surface area contributed by atoms with Gasteiger partial charge in [-0.3, -0.25) is 9.59 Å². The van der Waals surface area contributed by atoms with E-state index in [-0.39, 0.29) is 11.3 Å². The zero-order valence-electron chi connectivity index (χ0n) is 18.1. The number of benzene rings is 3. The fourth-order valence-corrected chi connectivity index (χ4v) is 3.90. The number of halogens is 1. The molecular formula is C26H23ClN2O3. The molecule has 1 aliphatic heterocycles. The molecule has 3 aromatic carbocycles. The van der Waals surface area contributed by atoms with Crippen LogP contribution in [-0.4, -0.2) is 18.9 Å². The number of hydrogen-bond donors (Lipinski definition) is 1. The maximum atomic E-state index is 13.6. The highest BCUT2D eigenvalue weighted by molar-refractivity contribution is 6.46. The number of para-hydroxylation sites is 1. The largest absolute Gasteiger partial charge is 0.496 e. The first-order valence-corrected chi connectivity index (χ1v) is 10.7. The first-order valence-electron chi connectivity index (χ1n) is 10.3. The fraction of sp³-hybridized carbons (Fsp3) is 0.154. The van der Waals surface area contributed by atoms with Crippen molar-refractivity contribution in [3.63, 3.8) is 0 Å². The third-order valence-electron chi connectivity index (χ3n) is 5.52. The molecule has 0 spiro atoms. The predicted molar refractivity (Wildman–Crippen MR) is 128 cm³/mol. The monoisotopic (exact) mass is 446 g/mol. The summed E-state index contributed by atoms with van der Waals surface area (Å²) >= 11 is 6.18. The lowest BCUT2D eigenvalue weighted by Crippen LogP contribution is -2.32. The van der Waals surface area contributed by atoms with Gasteiger partial charge in [0.25, 0.3) is 11.8 Å². The third-order valence-corrected chi connectivity index (χ3v) is 5.76. The van der Waals surface area contributed by atoms with Crippen LogP contribution in [0.25, 0.3) is 5.57 Å². The Balaban J connectivity index is 1.86. The molecule has 0 bridgehead atoms. The molecule has 0 fully saturated rings. The van der Waals surface area contributed by atoms with Gasteiger partial charge < -0.3 is 10.1 Å². The third kappa shape index (κ3) is 3.87. The number of imide groups is 1. The van der Waals surface area contributed by atoms with Crippen LogP contribution in [0.15, 0.2) is 72.4 Å². The Morgan fingerprint density at radius 1 is 0.969 bits per heavy atom. The zero-order chi connectivity index (χ0) is 22.8. The molecule has 162 valence electrons. The van der Waals surface area contributed by atoms with Gasteiger partial charge in [0.1, 0.15) is 11.4 Å². The number of aryl methyl sites for hydroxylation is 2. The summed E-state index contributed by atoms with van der Waals surface area (Å²) in [6.45, 7) is 3.96. The number of carbonyl (C=O) groups is 2. The normalized spacial score (nSPS) is 13.7. The summed E-state index contributed by atoms with van der Waals surface area (Å²) in [5, 5.41) is 3.71. The van der Waals surface area contributed by atoms with Crippen molar-refractivity contribution in [1.82, 2.24) is 0 Å². The van der Waals surface area contributed by atoms with E-state index >= 15 is 0 Å². The lowest BCUT2D eigenvalue weighted by atomic mass is 10.0. The Kier molecular flexibility index (Phi) is 6.01. The molecule has 0 atom stereocenters. The molecule has 0 saturated carbocycles. The SMILES string of the molecule is CCc1ccc(N2C(=O)C(Nc3cc(Cl)ccc3C)=C(c3ccccc3OC)C2=O)cc1. The van der Waals surface area contributed by atoms with E-state index in [4.69, 9.17) is 16.3 Å². The van der Waals surface area contributed by atoms with Crippen LogP contribution in [0.4, 0.5) is 11.4 Å². The fourth-order valence-electron chi connectivity index (χ4n) is 3.73. The lowest BCUT2D eigenvalue weighted by Gasteiger charge is -2.16. The van der Waals surface area contributed by atoms with Gasteiger partial charge in [0.2, 0.25) is 0 Å². The molecule has 0 saturated heterocycles. The standard InChI is InChI=1S/C26H23ClN2O3/c1-4-17-10-13-19(14-11-17)29-25(30)23(20-7-5-6-8-22(20)32-3)24(26(29)31)28-21-15-18(27)12-9-16(21)2/h5-15,28H,4H2,1-3H3. The Labute approximate surface area is 192 Å². The van der Waals surface area contributed by atoms with Gasteiger partial charge >= 0.3 is 0 Å². The molecule has 1 aliphatic rings. The van der Waals surface area contributed by atoms with Crippen LogP contribution >= 0.6 is 11.6 Å². The minimum Gasteiger partial charge on any atom is -0.496 e. The van der Waals surface area contributed by atoms with E-state index in [0.29, 0.717) is 27.7 Å². The van der Waals surface area contributed by atoms with Gasteiger partial charge in [-0.15, -0.1) is 0 Å². The molecule has 32 heavy (non-hydrogen) atoms. The number of nitrogens with zero attached hydrogens (tertiary/aromatic N) is 1. The van der Waals surface area contributed by atoms with E-state index in [0.717, 1.165) is 17.5 Å². The van der Waals surface area contributed by atoms with Crippen molar-refractivity contribution in [2.24, 2.45) is 0 Å². The predicted octanol–water partition coefficient (Wildman–Crippen LogP) is 5.62. The summed E-state index contributed by atoms with van der Waals surface area (Å²) in [7, 11) is 1.54. The van der Waals surface area contributed by atoms with Gasteiger partial charge in [0.15, 0.2) is 0 Å². The number of carbonyl (C=O) groups excluding carboxylic acids is 2. The summed E-state index contributed by atoms with van der Waals surface area (Å²) in [5.74, 6) is -0.334. The minimum absolute atomic E-state index is 0.185. The second-order valence-electron chi connectivity index (χ2n) is 7.50. The number of amides is 2. The van der Waals surface area contributed by atoms with Gasteiger partial charge in [-0.25, -0.2) is 4.90 Å². The molecule has 0 aromatic heterocycles. The molecule has 1 heterocycles. The van der Waals surface area contributed by atoms with Crippen LogP contribution < -0.4 is 15.0 Å². The van der Waals surface area contributed by atoms with Crippen LogP contribution in [0.5, 0.6) is 5.75 Å². The molecule has 6 heteroatoms. The van der Waals surface area contributed by atoms with Gasteiger partial charge in [-0.05, 0) is 54.8 Å². The molecule has 0 radical (unpaired) electrons. The van der Waals surface area contributed by atoms with E-state index in [1.54, 1.807) is 36.4 Å². The Morgan fingerprint density at radius 3 is 2.38 bits per heavy atom. The van der Waals surface area contributed by atoms with Gasteiger partial charge in [0, 0.05) is 16.3 Å². The van der Waals surface area contributed by atoms with Crippen LogP contribution in [0.2, 0.25) is 5.02 Å². The number of ether oxygens (including phenoxy) is 1. The van der Waals surface area contributed by atoms with Crippen molar-refractivity contribution in [2.45, 2.75) is 20.3 Å². The van der Waals surface area contributed by atoms with E-state index in [1.807, 2.05) is 37.3 Å². The average Bonchev–Trinajstić information content (AvgIpc) is 3.05. The van der Waals surface area contributed by atoms with Crippen LogP contribution in [0.3, 0.4) is 0 Å². The van der Waals surface area contributed by atoms with Crippen LogP contribution in [-0.2, 0) is 16.0 Å². The first-order chi connectivity index (χ1) is 15.4. The molecule has 1 N–H and O–H groups in total. The maximum Gasteiger partial charge on any atom is 0.282 e. The molecule has 5 nitrogen and oxygen atoms in total. The number of anilines is 2. The summed E-state index contributed by atoms with van der Waals surface area (Å²) in [4.78, 5) is 28.4.